The lowest BCUT2D eigenvalue weighted by Crippen LogP contribution is -2.43. The van der Waals surface area contributed by atoms with Crippen LogP contribution in [0.4, 0.5) is 0 Å². The zero-order valence-electron chi connectivity index (χ0n) is 14.4. The number of nitrogens with zero attached hydrogens (tertiary/aromatic N) is 2. The summed E-state index contributed by atoms with van der Waals surface area (Å²) in [6, 6.07) is 12.7. The maximum Gasteiger partial charge on any atom is 0.329 e. The molecule has 0 N–H and O–H groups in total. The van der Waals surface area contributed by atoms with Crippen molar-refractivity contribution < 1.29 is 19.1 Å². The second-order valence-corrected chi connectivity index (χ2v) is 6.08. The van der Waals surface area contributed by atoms with Crippen molar-refractivity contribution in [1.29, 1.82) is 5.26 Å². The summed E-state index contributed by atoms with van der Waals surface area (Å²) in [5.74, 6) is -1.72. The number of aryl methyl sites for hydroxylation is 1. The third kappa shape index (κ3) is 2.95. The van der Waals surface area contributed by atoms with Gasteiger partial charge in [0.15, 0.2) is 0 Å². The van der Waals surface area contributed by atoms with Gasteiger partial charge in [0.25, 0.3) is 11.8 Å². The van der Waals surface area contributed by atoms with Gasteiger partial charge < -0.3 is 4.74 Å². The monoisotopic (exact) mass is 348 g/mol. The molecule has 6 nitrogen and oxygen atoms in total. The first-order chi connectivity index (χ1) is 12.4. The van der Waals surface area contributed by atoms with E-state index in [1.165, 1.54) is 6.92 Å². The van der Waals surface area contributed by atoms with E-state index in [0.29, 0.717) is 16.7 Å². The lowest BCUT2D eigenvalue weighted by molar-refractivity contribution is -0.149. The number of fused-ring (bicyclic) bond motifs is 1. The summed E-state index contributed by atoms with van der Waals surface area (Å²) in [5.41, 5.74) is 2.41. The van der Waals surface area contributed by atoms with Gasteiger partial charge in [0, 0.05) is 5.56 Å². The summed E-state index contributed by atoms with van der Waals surface area (Å²) in [6.45, 7) is 3.17. The Bertz CT molecular complexity index is 959. The average molecular weight is 348 g/mol. The minimum Gasteiger partial charge on any atom is -0.459 e. The lowest BCUT2D eigenvalue weighted by atomic mass is 10.1. The van der Waals surface area contributed by atoms with Gasteiger partial charge in [0.2, 0.25) is 0 Å². The first-order valence-electron chi connectivity index (χ1n) is 8.07. The van der Waals surface area contributed by atoms with Crippen molar-refractivity contribution in [3.05, 3.63) is 70.3 Å². The number of hydrogen-bond donors (Lipinski definition) is 0. The molecule has 0 radical (unpaired) electrons. The van der Waals surface area contributed by atoms with Crippen LogP contribution in [-0.2, 0) is 16.1 Å². The highest BCUT2D eigenvalue weighted by atomic mass is 16.5. The highest BCUT2D eigenvalue weighted by Crippen LogP contribution is 2.26. The first-order valence-corrected chi connectivity index (χ1v) is 8.07. The largest absolute Gasteiger partial charge is 0.459 e. The number of rotatable bonds is 4. The Morgan fingerprint density at radius 2 is 1.85 bits per heavy atom. The Balaban J connectivity index is 1.74. The molecule has 0 bridgehead atoms. The molecule has 0 saturated heterocycles. The Morgan fingerprint density at radius 1 is 1.15 bits per heavy atom. The summed E-state index contributed by atoms with van der Waals surface area (Å²) < 4.78 is 5.23. The van der Waals surface area contributed by atoms with Crippen LogP contribution in [0.3, 0.4) is 0 Å². The SMILES string of the molecule is Cc1ccc2c(c1)C(=O)N([C@@H](C)C(=O)OCc1ccccc1C#N)C2=O. The minimum absolute atomic E-state index is 0.102. The number of carbonyl (C=O) groups is 3. The fourth-order valence-corrected chi connectivity index (χ4v) is 2.86. The topological polar surface area (TPSA) is 87.5 Å². The summed E-state index contributed by atoms with van der Waals surface area (Å²) >= 11 is 0. The lowest BCUT2D eigenvalue weighted by Gasteiger charge is -2.21. The molecule has 0 saturated carbocycles. The first kappa shape index (κ1) is 17.4. The van der Waals surface area contributed by atoms with Gasteiger partial charge in [-0.1, -0.05) is 29.8 Å². The van der Waals surface area contributed by atoms with E-state index < -0.39 is 23.8 Å². The standard InChI is InChI=1S/C20H16N2O4/c1-12-7-8-16-17(9-12)19(24)22(18(16)23)13(2)20(25)26-11-15-6-4-3-5-14(15)10-21/h3-9,13H,11H2,1-2H3/t13-/m0/s1. The molecule has 0 fully saturated rings. The molecule has 1 aliphatic rings. The number of amides is 2. The molecule has 0 aliphatic carbocycles. The van der Waals surface area contributed by atoms with Crippen molar-refractivity contribution >= 4 is 17.8 Å². The van der Waals surface area contributed by atoms with Crippen LogP contribution in [0.5, 0.6) is 0 Å². The molecule has 2 amide bonds. The second-order valence-electron chi connectivity index (χ2n) is 6.08. The van der Waals surface area contributed by atoms with E-state index in [0.717, 1.165) is 10.5 Å². The number of esters is 1. The summed E-state index contributed by atoms with van der Waals surface area (Å²) in [6.07, 6.45) is 0. The molecule has 0 aromatic heterocycles. The average Bonchev–Trinajstić information content (AvgIpc) is 2.89. The number of nitriles is 1. The smallest absolute Gasteiger partial charge is 0.329 e. The normalized spacial score (nSPS) is 14.0. The van der Waals surface area contributed by atoms with Crippen LogP contribution in [-0.4, -0.2) is 28.7 Å². The van der Waals surface area contributed by atoms with Gasteiger partial charge in [0.05, 0.1) is 22.8 Å². The van der Waals surface area contributed by atoms with Crippen molar-refractivity contribution in [2.75, 3.05) is 0 Å². The van der Waals surface area contributed by atoms with Gasteiger partial charge in [-0.2, -0.15) is 5.26 Å². The maximum atomic E-state index is 12.5. The zero-order chi connectivity index (χ0) is 18.8. The molecule has 1 atom stereocenters. The molecule has 2 aromatic rings. The van der Waals surface area contributed by atoms with Crippen LogP contribution in [0, 0.1) is 18.3 Å². The summed E-state index contributed by atoms with van der Waals surface area (Å²) in [4.78, 5) is 38.3. The van der Waals surface area contributed by atoms with Crippen LogP contribution in [0.25, 0.3) is 0 Å². The van der Waals surface area contributed by atoms with E-state index in [2.05, 4.69) is 0 Å². The molecule has 3 rings (SSSR count). The summed E-state index contributed by atoms with van der Waals surface area (Å²) in [5, 5.41) is 9.07. The molecular weight excluding hydrogens is 332 g/mol. The van der Waals surface area contributed by atoms with Crippen molar-refractivity contribution in [2.24, 2.45) is 0 Å². The Hall–Kier alpha value is -3.46. The highest BCUT2D eigenvalue weighted by molar-refractivity contribution is 6.22. The van der Waals surface area contributed by atoms with Crippen molar-refractivity contribution in [1.82, 2.24) is 4.90 Å². The highest BCUT2D eigenvalue weighted by Gasteiger charge is 2.41. The molecule has 130 valence electrons. The van der Waals surface area contributed by atoms with Crippen LogP contribution < -0.4 is 0 Å². The molecule has 26 heavy (non-hydrogen) atoms. The molecule has 6 heteroatoms. The molecule has 0 unspecified atom stereocenters. The number of carbonyl (C=O) groups excluding carboxylic acids is 3. The van der Waals surface area contributed by atoms with Crippen molar-refractivity contribution in [3.63, 3.8) is 0 Å². The van der Waals surface area contributed by atoms with Gasteiger partial charge in [0.1, 0.15) is 12.6 Å². The minimum atomic E-state index is -1.06. The van der Waals surface area contributed by atoms with Crippen LogP contribution in [0.2, 0.25) is 0 Å². The number of imide groups is 1. The van der Waals surface area contributed by atoms with Crippen molar-refractivity contribution in [2.45, 2.75) is 26.5 Å². The molecular formula is C20H16N2O4. The Kier molecular flexibility index (Phi) is 4.55. The van der Waals surface area contributed by atoms with Gasteiger partial charge in [-0.25, -0.2) is 4.79 Å². The molecule has 2 aromatic carbocycles. The maximum absolute atomic E-state index is 12.5. The van der Waals surface area contributed by atoms with E-state index >= 15 is 0 Å². The predicted octanol–water partition coefficient (Wildman–Crippen LogP) is 2.59. The fraction of sp³-hybridized carbons (Fsp3) is 0.200. The van der Waals surface area contributed by atoms with Gasteiger partial charge in [-0.15, -0.1) is 0 Å². The Labute approximate surface area is 150 Å². The van der Waals surface area contributed by atoms with Crippen LogP contribution >= 0.6 is 0 Å². The second kappa shape index (κ2) is 6.81. The third-order valence-electron chi connectivity index (χ3n) is 4.31. The molecule has 1 aliphatic heterocycles. The number of ether oxygens (including phenoxy) is 1. The predicted molar refractivity (Wildman–Crippen MR) is 92.1 cm³/mol. The van der Waals surface area contributed by atoms with E-state index in [-0.39, 0.29) is 12.2 Å². The van der Waals surface area contributed by atoms with Gasteiger partial charge >= 0.3 is 5.97 Å². The summed E-state index contributed by atoms with van der Waals surface area (Å²) in [7, 11) is 0. The van der Waals surface area contributed by atoms with E-state index in [1.807, 2.05) is 13.0 Å². The molecule has 0 spiro atoms. The van der Waals surface area contributed by atoms with E-state index in [9.17, 15) is 14.4 Å². The van der Waals surface area contributed by atoms with Crippen molar-refractivity contribution in [3.8, 4) is 6.07 Å². The van der Waals surface area contributed by atoms with Gasteiger partial charge in [-0.05, 0) is 32.0 Å². The fourth-order valence-electron chi connectivity index (χ4n) is 2.86. The Morgan fingerprint density at radius 3 is 2.58 bits per heavy atom. The van der Waals surface area contributed by atoms with Gasteiger partial charge in [-0.3, -0.25) is 14.5 Å². The zero-order valence-corrected chi connectivity index (χ0v) is 14.4. The third-order valence-corrected chi connectivity index (χ3v) is 4.31. The molecule has 1 heterocycles. The van der Waals surface area contributed by atoms with E-state index in [4.69, 9.17) is 10.00 Å². The van der Waals surface area contributed by atoms with Crippen LogP contribution in [0.1, 0.15) is 44.3 Å². The number of benzene rings is 2. The quantitative estimate of drug-likeness (QED) is 0.626. The number of hydrogen-bond acceptors (Lipinski definition) is 5. The van der Waals surface area contributed by atoms with Crippen LogP contribution in [0.15, 0.2) is 42.5 Å². The van der Waals surface area contributed by atoms with E-state index in [1.54, 1.807) is 42.5 Å².